The highest BCUT2D eigenvalue weighted by Gasteiger charge is 2.51. The van der Waals surface area contributed by atoms with Crippen LogP contribution in [-0.2, 0) is 0 Å². The van der Waals surface area contributed by atoms with E-state index in [4.69, 9.17) is 0 Å². The number of urea groups is 1. The van der Waals surface area contributed by atoms with Gasteiger partial charge < -0.3 is 10.6 Å². The van der Waals surface area contributed by atoms with Crippen molar-refractivity contribution in [3.8, 4) is 0 Å². The Hall–Kier alpha value is -0.730. The number of amides is 2. The van der Waals surface area contributed by atoms with Crippen LogP contribution in [0.4, 0.5) is 4.79 Å². The van der Waals surface area contributed by atoms with Crippen molar-refractivity contribution in [3.63, 3.8) is 0 Å². The standard InChI is InChI=1S/C22H40N2O/c1-2-3-4-5-6-7-8-9-10-11-23-21(25)24-22-15-18-12-19(16-22)14-20(13-18)17-22/h18-20H,2-17H2,1H3,(H2,23,24,25). The molecule has 3 nitrogen and oxygen atoms in total. The Balaban J connectivity index is 1.22. The molecule has 0 aromatic carbocycles. The van der Waals surface area contributed by atoms with Crippen LogP contribution >= 0.6 is 0 Å². The van der Waals surface area contributed by atoms with Gasteiger partial charge in [-0.15, -0.1) is 0 Å². The number of nitrogens with one attached hydrogen (secondary N) is 2. The Kier molecular flexibility index (Phi) is 7.07. The molecule has 3 heteroatoms. The van der Waals surface area contributed by atoms with E-state index in [1.165, 1.54) is 89.9 Å². The molecule has 4 aliphatic carbocycles. The van der Waals surface area contributed by atoms with Gasteiger partial charge in [-0.25, -0.2) is 4.79 Å². The Morgan fingerprint density at radius 2 is 1.28 bits per heavy atom. The lowest BCUT2D eigenvalue weighted by Crippen LogP contribution is -2.61. The summed E-state index contributed by atoms with van der Waals surface area (Å²) in [6.45, 7) is 3.11. The summed E-state index contributed by atoms with van der Waals surface area (Å²) < 4.78 is 0. The monoisotopic (exact) mass is 348 g/mol. The highest BCUT2D eigenvalue weighted by atomic mass is 16.2. The molecular formula is C22H40N2O. The molecule has 25 heavy (non-hydrogen) atoms. The largest absolute Gasteiger partial charge is 0.338 e. The van der Waals surface area contributed by atoms with E-state index in [2.05, 4.69) is 17.6 Å². The van der Waals surface area contributed by atoms with Crippen molar-refractivity contribution in [2.75, 3.05) is 6.54 Å². The lowest BCUT2D eigenvalue weighted by Gasteiger charge is -2.56. The number of hydrogen-bond acceptors (Lipinski definition) is 1. The summed E-state index contributed by atoms with van der Waals surface area (Å²) in [5, 5.41) is 6.53. The zero-order valence-electron chi connectivity index (χ0n) is 16.5. The minimum absolute atomic E-state index is 0.0986. The summed E-state index contributed by atoms with van der Waals surface area (Å²) in [6.07, 6.45) is 20.0. The van der Waals surface area contributed by atoms with Crippen LogP contribution < -0.4 is 10.6 Å². The van der Waals surface area contributed by atoms with Gasteiger partial charge in [0.2, 0.25) is 0 Å². The zero-order valence-corrected chi connectivity index (χ0v) is 16.5. The van der Waals surface area contributed by atoms with E-state index in [0.29, 0.717) is 0 Å². The van der Waals surface area contributed by atoms with E-state index < -0.39 is 0 Å². The summed E-state index contributed by atoms with van der Waals surface area (Å²) in [5.74, 6) is 2.68. The van der Waals surface area contributed by atoms with E-state index >= 15 is 0 Å². The first-order valence-corrected chi connectivity index (χ1v) is 11.2. The number of rotatable bonds is 11. The van der Waals surface area contributed by atoms with Crippen LogP contribution in [0, 0.1) is 17.8 Å². The summed E-state index contributed by atoms with van der Waals surface area (Å²) in [5.41, 5.74) is 0.150. The van der Waals surface area contributed by atoms with Crippen molar-refractivity contribution in [2.24, 2.45) is 17.8 Å². The van der Waals surface area contributed by atoms with Gasteiger partial charge in [0.25, 0.3) is 0 Å². The first-order valence-electron chi connectivity index (χ1n) is 11.2. The predicted octanol–water partition coefficient (Wildman–Crippen LogP) is 5.79. The second-order valence-electron chi connectivity index (χ2n) is 9.41. The second kappa shape index (κ2) is 9.28. The number of carbonyl (C=O) groups excluding carboxylic acids is 1. The van der Waals surface area contributed by atoms with Gasteiger partial charge in [0.1, 0.15) is 0 Å². The lowest BCUT2D eigenvalue weighted by atomic mass is 9.53. The fraction of sp³-hybridized carbons (Fsp3) is 0.955. The molecule has 0 aromatic rings. The first-order chi connectivity index (χ1) is 12.2. The van der Waals surface area contributed by atoms with Crippen molar-refractivity contribution in [2.45, 2.75) is 109 Å². The van der Waals surface area contributed by atoms with Crippen LogP contribution in [0.25, 0.3) is 0 Å². The smallest absolute Gasteiger partial charge is 0.315 e. The Labute approximate surface area is 155 Å². The average molecular weight is 349 g/mol. The van der Waals surface area contributed by atoms with Crippen LogP contribution in [-0.4, -0.2) is 18.1 Å². The quantitative estimate of drug-likeness (QED) is 0.456. The Morgan fingerprint density at radius 3 is 1.80 bits per heavy atom. The molecule has 4 rings (SSSR count). The van der Waals surface area contributed by atoms with E-state index in [9.17, 15) is 4.79 Å². The van der Waals surface area contributed by atoms with Gasteiger partial charge in [0.15, 0.2) is 0 Å². The van der Waals surface area contributed by atoms with Crippen LogP contribution in [0.15, 0.2) is 0 Å². The molecule has 2 N–H and O–H groups in total. The summed E-state index contributed by atoms with van der Waals surface area (Å²) in [7, 11) is 0. The van der Waals surface area contributed by atoms with Crippen LogP contribution in [0.2, 0.25) is 0 Å². The molecule has 2 amide bonds. The molecule has 0 unspecified atom stereocenters. The molecule has 144 valence electrons. The van der Waals surface area contributed by atoms with Crippen LogP contribution in [0.5, 0.6) is 0 Å². The molecule has 0 radical (unpaired) electrons. The molecule has 4 saturated carbocycles. The molecule has 0 aromatic heterocycles. The van der Waals surface area contributed by atoms with E-state index in [0.717, 1.165) is 30.7 Å². The van der Waals surface area contributed by atoms with E-state index in [1.54, 1.807) is 0 Å². The van der Waals surface area contributed by atoms with Crippen molar-refractivity contribution in [1.82, 2.24) is 10.6 Å². The van der Waals surface area contributed by atoms with Crippen molar-refractivity contribution in [3.05, 3.63) is 0 Å². The van der Waals surface area contributed by atoms with Crippen LogP contribution in [0.3, 0.4) is 0 Å². The van der Waals surface area contributed by atoms with Gasteiger partial charge in [-0.2, -0.15) is 0 Å². The minimum atomic E-state index is 0.0986. The second-order valence-corrected chi connectivity index (χ2v) is 9.41. The maximum absolute atomic E-state index is 12.3. The first kappa shape index (κ1) is 19.0. The molecule has 4 aliphatic rings. The molecule has 4 fully saturated rings. The maximum Gasteiger partial charge on any atom is 0.315 e. The van der Waals surface area contributed by atoms with Crippen molar-refractivity contribution >= 4 is 6.03 Å². The molecule has 0 spiro atoms. The van der Waals surface area contributed by atoms with Gasteiger partial charge in [-0.1, -0.05) is 58.3 Å². The summed E-state index contributed by atoms with van der Waals surface area (Å²) >= 11 is 0. The van der Waals surface area contributed by atoms with E-state index in [1.807, 2.05) is 0 Å². The number of unbranched alkanes of at least 4 members (excludes halogenated alkanes) is 8. The fourth-order valence-corrected chi connectivity index (χ4v) is 6.19. The molecule has 0 heterocycles. The highest BCUT2D eigenvalue weighted by molar-refractivity contribution is 5.74. The van der Waals surface area contributed by atoms with Gasteiger partial charge in [0, 0.05) is 12.1 Å². The third-order valence-electron chi connectivity index (χ3n) is 6.98. The molecule has 0 saturated heterocycles. The highest BCUT2D eigenvalue weighted by Crippen LogP contribution is 2.55. The molecular weight excluding hydrogens is 308 g/mol. The van der Waals surface area contributed by atoms with Gasteiger partial charge in [-0.3, -0.25) is 0 Å². The minimum Gasteiger partial charge on any atom is -0.338 e. The average Bonchev–Trinajstić information content (AvgIpc) is 2.55. The third-order valence-corrected chi connectivity index (χ3v) is 6.98. The maximum atomic E-state index is 12.3. The third kappa shape index (κ3) is 5.62. The fourth-order valence-electron chi connectivity index (χ4n) is 6.19. The number of hydrogen-bond donors (Lipinski definition) is 2. The van der Waals surface area contributed by atoms with Crippen molar-refractivity contribution in [1.29, 1.82) is 0 Å². The predicted molar refractivity (Wildman–Crippen MR) is 105 cm³/mol. The number of carbonyl (C=O) groups is 1. The van der Waals surface area contributed by atoms with Gasteiger partial charge in [0.05, 0.1) is 0 Å². The lowest BCUT2D eigenvalue weighted by molar-refractivity contribution is -0.0135. The topological polar surface area (TPSA) is 41.1 Å². The van der Waals surface area contributed by atoms with Gasteiger partial charge in [-0.05, 0) is 62.7 Å². The van der Waals surface area contributed by atoms with Gasteiger partial charge >= 0.3 is 6.03 Å². The summed E-state index contributed by atoms with van der Waals surface area (Å²) in [4.78, 5) is 12.3. The summed E-state index contributed by atoms with van der Waals surface area (Å²) in [6, 6.07) is 0.0986. The SMILES string of the molecule is CCCCCCCCCCCNC(=O)NC12CC3CC(CC(C3)C1)C2. The zero-order chi connectivity index (χ0) is 17.5. The Morgan fingerprint density at radius 1 is 0.800 bits per heavy atom. The molecule has 0 atom stereocenters. The van der Waals surface area contributed by atoms with E-state index in [-0.39, 0.29) is 11.6 Å². The van der Waals surface area contributed by atoms with Crippen LogP contribution in [0.1, 0.15) is 103 Å². The van der Waals surface area contributed by atoms with Crippen molar-refractivity contribution < 1.29 is 4.79 Å². The molecule has 4 bridgehead atoms. The Bertz CT molecular complexity index is 385. The normalized spacial score (nSPS) is 32.8. The molecule has 0 aliphatic heterocycles.